The predicted molar refractivity (Wildman–Crippen MR) is 72.6 cm³/mol. The number of hydrogen-bond donors (Lipinski definition) is 2. The molecule has 1 aromatic rings. The topological polar surface area (TPSA) is 74.7 Å². The van der Waals surface area contributed by atoms with E-state index in [2.05, 4.69) is 10.1 Å². The van der Waals surface area contributed by atoms with E-state index in [1.54, 1.807) is 4.90 Å². The monoisotopic (exact) mass is 322 g/mol. The zero-order valence-corrected chi connectivity index (χ0v) is 11.7. The number of rotatable bonds is 5. The average molecular weight is 323 g/mol. The Hall–Kier alpha value is -1.70. The SMILES string of the molecule is NC(CCN(c1ncc(C(F)(F)F)cc1Cl)C1CC1)=NO. The van der Waals surface area contributed by atoms with Crippen LogP contribution in [0, 0.1) is 0 Å². The highest BCUT2D eigenvalue weighted by molar-refractivity contribution is 6.33. The average Bonchev–Trinajstić information content (AvgIpc) is 3.23. The molecule has 0 unspecified atom stereocenters. The molecular formula is C12H14ClF3N4O. The summed E-state index contributed by atoms with van der Waals surface area (Å²) in [7, 11) is 0. The minimum atomic E-state index is -4.48. The maximum absolute atomic E-state index is 12.6. The van der Waals surface area contributed by atoms with Gasteiger partial charge in [-0.1, -0.05) is 16.8 Å². The third-order valence-corrected chi connectivity index (χ3v) is 3.42. The van der Waals surface area contributed by atoms with E-state index in [1.165, 1.54) is 0 Å². The smallest absolute Gasteiger partial charge is 0.409 e. The van der Waals surface area contributed by atoms with Crippen LogP contribution in [0.3, 0.4) is 0 Å². The Morgan fingerprint density at radius 2 is 2.19 bits per heavy atom. The van der Waals surface area contributed by atoms with Crippen molar-refractivity contribution in [2.45, 2.75) is 31.5 Å². The number of nitrogens with two attached hydrogens (primary N) is 1. The molecule has 0 bridgehead atoms. The van der Waals surface area contributed by atoms with E-state index >= 15 is 0 Å². The fourth-order valence-electron chi connectivity index (χ4n) is 1.93. The highest BCUT2D eigenvalue weighted by Crippen LogP contribution is 2.37. The van der Waals surface area contributed by atoms with E-state index in [0.717, 1.165) is 25.1 Å². The van der Waals surface area contributed by atoms with Gasteiger partial charge in [0.05, 0.1) is 10.6 Å². The lowest BCUT2D eigenvalue weighted by Gasteiger charge is -2.24. The number of hydrogen-bond acceptors (Lipinski definition) is 4. The third kappa shape index (κ3) is 3.90. The van der Waals surface area contributed by atoms with Gasteiger partial charge in [0.1, 0.15) is 11.7 Å². The summed E-state index contributed by atoms with van der Waals surface area (Å²) in [5.41, 5.74) is 4.52. The van der Waals surface area contributed by atoms with E-state index in [9.17, 15) is 13.2 Å². The summed E-state index contributed by atoms with van der Waals surface area (Å²) >= 11 is 5.94. The minimum Gasteiger partial charge on any atom is -0.409 e. The van der Waals surface area contributed by atoms with Gasteiger partial charge in [0.25, 0.3) is 0 Å². The molecule has 1 aliphatic rings. The van der Waals surface area contributed by atoms with Crippen molar-refractivity contribution in [1.29, 1.82) is 0 Å². The molecule has 0 aromatic carbocycles. The van der Waals surface area contributed by atoms with Crippen molar-refractivity contribution in [2.24, 2.45) is 10.9 Å². The molecule has 0 amide bonds. The van der Waals surface area contributed by atoms with Crippen LogP contribution in [0.25, 0.3) is 0 Å². The Balaban J connectivity index is 2.21. The van der Waals surface area contributed by atoms with E-state index in [-0.39, 0.29) is 29.1 Å². The van der Waals surface area contributed by atoms with Crippen LogP contribution in [0.15, 0.2) is 17.4 Å². The normalized spacial score (nSPS) is 16.1. The molecule has 1 aliphatic carbocycles. The zero-order valence-electron chi connectivity index (χ0n) is 10.9. The number of alkyl halides is 3. The minimum absolute atomic E-state index is 0.0451. The molecule has 0 saturated heterocycles. The lowest BCUT2D eigenvalue weighted by molar-refractivity contribution is -0.137. The highest BCUT2D eigenvalue weighted by Gasteiger charge is 2.34. The predicted octanol–water partition coefficient (Wildman–Crippen LogP) is 2.86. The van der Waals surface area contributed by atoms with Gasteiger partial charge in [-0.3, -0.25) is 0 Å². The van der Waals surface area contributed by atoms with E-state index in [1.807, 2.05) is 0 Å². The molecule has 1 saturated carbocycles. The van der Waals surface area contributed by atoms with Crippen LogP contribution in [0.4, 0.5) is 19.0 Å². The van der Waals surface area contributed by atoms with Crippen molar-refractivity contribution in [3.05, 3.63) is 22.8 Å². The molecular weight excluding hydrogens is 309 g/mol. The Morgan fingerprint density at radius 1 is 1.52 bits per heavy atom. The Morgan fingerprint density at radius 3 is 2.67 bits per heavy atom. The molecule has 5 nitrogen and oxygen atoms in total. The van der Waals surface area contributed by atoms with E-state index in [0.29, 0.717) is 6.54 Å². The van der Waals surface area contributed by atoms with Gasteiger partial charge in [0, 0.05) is 25.2 Å². The quantitative estimate of drug-likeness (QED) is 0.378. The summed E-state index contributed by atoms with van der Waals surface area (Å²) in [5, 5.41) is 11.3. The number of nitrogens with zero attached hydrogens (tertiary/aromatic N) is 3. The standard InChI is InChI=1S/C12H14ClF3N4O/c13-9-5-7(12(14,15)16)6-18-11(9)20(8-1-2-8)4-3-10(17)19-21/h5-6,8,21H,1-4H2,(H2,17,19). The van der Waals surface area contributed by atoms with Crippen molar-refractivity contribution in [1.82, 2.24) is 4.98 Å². The maximum Gasteiger partial charge on any atom is 0.417 e. The van der Waals surface area contributed by atoms with Gasteiger partial charge in [0.2, 0.25) is 0 Å². The molecule has 1 heterocycles. The molecule has 116 valence electrons. The largest absolute Gasteiger partial charge is 0.417 e. The van der Waals surface area contributed by atoms with Gasteiger partial charge in [0.15, 0.2) is 0 Å². The summed E-state index contributed by atoms with van der Waals surface area (Å²) in [6.07, 6.45) is -1.62. The number of pyridine rings is 1. The first-order valence-corrected chi connectivity index (χ1v) is 6.66. The van der Waals surface area contributed by atoms with Gasteiger partial charge in [-0.25, -0.2) is 4.98 Å². The second-order valence-electron chi connectivity index (χ2n) is 4.79. The van der Waals surface area contributed by atoms with Crippen LogP contribution < -0.4 is 10.6 Å². The van der Waals surface area contributed by atoms with Crippen LogP contribution in [0.5, 0.6) is 0 Å². The number of aromatic nitrogens is 1. The fraction of sp³-hybridized carbons (Fsp3) is 0.500. The first-order valence-electron chi connectivity index (χ1n) is 6.28. The van der Waals surface area contributed by atoms with Crippen LogP contribution in [0.2, 0.25) is 5.02 Å². The highest BCUT2D eigenvalue weighted by atomic mass is 35.5. The molecule has 9 heteroatoms. The molecule has 0 spiro atoms. The van der Waals surface area contributed by atoms with Crippen LogP contribution in [0.1, 0.15) is 24.8 Å². The molecule has 1 fully saturated rings. The van der Waals surface area contributed by atoms with Gasteiger partial charge >= 0.3 is 6.18 Å². The zero-order chi connectivity index (χ0) is 15.6. The first-order chi connectivity index (χ1) is 9.82. The maximum atomic E-state index is 12.6. The van der Waals surface area contributed by atoms with Crippen LogP contribution in [-0.2, 0) is 6.18 Å². The molecule has 2 rings (SSSR count). The molecule has 0 aliphatic heterocycles. The van der Waals surface area contributed by atoms with E-state index in [4.69, 9.17) is 22.5 Å². The summed E-state index contributed by atoms with van der Waals surface area (Å²) in [6.45, 7) is 0.374. The Labute approximate surface area is 124 Å². The number of halogens is 4. The number of anilines is 1. The van der Waals surface area contributed by atoms with Crippen molar-refractivity contribution < 1.29 is 18.4 Å². The van der Waals surface area contributed by atoms with Gasteiger partial charge < -0.3 is 15.8 Å². The first kappa shape index (κ1) is 15.7. The summed E-state index contributed by atoms with van der Waals surface area (Å²) in [4.78, 5) is 5.63. The van der Waals surface area contributed by atoms with Crippen LogP contribution in [-0.4, -0.2) is 28.6 Å². The van der Waals surface area contributed by atoms with Gasteiger partial charge in [-0.15, -0.1) is 0 Å². The van der Waals surface area contributed by atoms with Crippen molar-refractivity contribution in [3.8, 4) is 0 Å². The molecule has 0 atom stereocenters. The van der Waals surface area contributed by atoms with E-state index < -0.39 is 11.7 Å². The van der Waals surface area contributed by atoms with Gasteiger partial charge in [-0.05, 0) is 18.9 Å². The summed E-state index contributed by atoms with van der Waals surface area (Å²) in [6, 6.07) is 1.04. The van der Waals surface area contributed by atoms with Crippen LogP contribution >= 0.6 is 11.6 Å². The lowest BCUT2D eigenvalue weighted by atomic mass is 10.2. The number of oxime groups is 1. The molecule has 0 radical (unpaired) electrons. The Bertz CT molecular complexity index is 546. The van der Waals surface area contributed by atoms with Crippen molar-refractivity contribution in [2.75, 3.05) is 11.4 Å². The second-order valence-corrected chi connectivity index (χ2v) is 5.20. The van der Waals surface area contributed by atoms with Crippen molar-refractivity contribution in [3.63, 3.8) is 0 Å². The summed E-state index contributed by atoms with van der Waals surface area (Å²) in [5.74, 6) is 0.335. The lowest BCUT2D eigenvalue weighted by Crippen LogP contribution is -2.31. The number of amidine groups is 1. The van der Waals surface area contributed by atoms with Gasteiger partial charge in [-0.2, -0.15) is 13.2 Å². The second kappa shape index (κ2) is 5.97. The molecule has 3 N–H and O–H groups in total. The van der Waals surface area contributed by atoms with Crippen molar-refractivity contribution >= 4 is 23.3 Å². The molecule has 1 aromatic heterocycles. The molecule has 21 heavy (non-hydrogen) atoms. The summed E-state index contributed by atoms with van der Waals surface area (Å²) < 4.78 is 37.8. The Kier molecular flexibility index (Phi) is 4.46. The fourth-order valence-corrected chi connectivity index (χ4v) is 2.20. The third-order valence-electron chi connectivity index (χ3n) is 3.15.